The maximum absolute atomic E-state index is 15.2. The fraction of sp³-hybridized carbons (Fsp3) is 0.367. The summed E-state index contributed by atoms with van der Waals surface area (Å²) in [6.07, 6.45) is 1.69. The number of aliphatic hydroxyl groups is 1. The molecule has 3 N–H and O–H groups in total. The molecule has 45 heavy (non-hydrogen) atoms. The van der Waals surface area contributed by atoms with Gasteiger partial charge in [-0.1, -0.05) is 24.0 Å². The van der Waals surface area contributed by atoms with Crippen LogP contribution >= 0.6 is 23.7 Å². The number of carbonyl (C=O) groups excluding carboxylic acids is 1. The molecule has 239 valence electrons. The fourth-order valence-corrected chi connectivity index (χ4v) is 6.21. The van der Waals surface area contributed by atoms with Crippen LogP contribution in [0.25, 0.3) is 11.3 Å². The van der Waals surface area contributed by atoms with Crippen LogP contribution in [0.1, 0.15) is 48.7 Å². The molecular formula is C30H32Cl2F2N7O3S. The Bertz CT molecular complexity index is 1600. The van der Waals surface area contributed by atoms with E-state index < -0.39 is 35.4 Å². The van der Waals surface area contributed by atoms with E-state index >= 15 is 4.39 Å². The van der Waals surface area contributed by atoms with Gasteiger partial charge in [-0.2, -0.15) is 5.26 Å². The third-order valence-electron chi connectivity index (χ3n) is 7.80. The first-order valence-electron chi connectivity index (χ1n) is 13.8. The SMILES string of the molecule is CC(OC(=O)N1CCC[C@H]1CN)C1=NN(C[C@](O)(c2cc(F)ccc2F)[C@@H](C)c2nc(-c3ccc(C#N)cc3)cs2)C=[N+]1.Cl.[Cl-]. The lowest BCUT2D eigenvalue weighted by atomic mass is 9.81. The van der Waals surface area contributed by atoms with Crippen LogP contribution in [0.2, 0.25) is 0 Å². The molecule has 1 saturated heterocycles. The van der Waals surface area contributed by atoms with E-state index in [1.165, 1.54) is 22.7 Å². The molecule has 4 atom stereocenters. The minimum atomic E-state index is -2.00. The summed E-state index contributed by atoms with van der Waals surface area (Å²) in [5.41, 5.74) is 5.42. The molecule has 0 bridgehead atoms. The number of nitrogens with two attached hydrogens (primary N) is 1. The van der Waals surface area contributed by atoms with E-state index in [-0.39, 0.29) is 48.8 Å². The predicted molar refractivity (Wildman–Crippen MR) is 165 cm³/mol. The Balaban J connectivity index is 0.00000276. The summed E-state index contributed by atoms with van der Waals surface area (Å²) in [5.74, 6) is -2.13. The molecule has 15 heteroatoms. The summed E-state index contributed by atoms with van der Waals surface area (Å²) in [7, 11) is 0. The van der Waals surface area contributed by atoms with Crippen molar-refractivity contribution in [2.75, 3.05) is 19.6 Å². The summed E-state index contributed by atoms with van der Waals surface area (Å²) in [5, 5.41) is 29.2. The monoisotopic (exact) mass is 678 g/mol. The van der Waals surface area contributed by atoms with Gasteiger partial charge >= 0.3 is 11.9 Å². The molecular weight excluding hydrogens is 647 g/mol. The molecule has 1 aromatic heterocycles. The molecule has 3 aromatic rings. The van der Waals surface area contributed by atoms with Crippen LogP contribution in [0.15, 0.2) is 52.9 Å². The van der Waals surface area contributed by atoms with Crippen molar-refractivity contribution in [1.29, 1.82) is 5.26 Å². The highest BCUT2D eigenvalue weighted by Gasteiger charge is 2.46. The van der Waals surface area contributed by atoms with Gasteiger partial charge in [-0.25, -0.2) is 18.6 Å². The van der Waals surface area contributed by atoms with Crippen molar-refractivity contribution in [3.05, 3.63) is 75.6 Å². The number of thiazole rings is 1. The summed E-state index contributed by atoms with van der Waals surface area (Å²) in [6, 6.07) is 11.8. The number of nitriles is 1. The lowest BCUT2D eigenvalue weighted by Gasteiger charge is -2.33. The summed E-state index contributed by atoms with van der Waals surface area (Å²) in [4.78, 5) is 23.3. The topological polar surface area (TPSA) is 142 Å². The number of benzene rings is 2. The van der Waals surface area contributed by atoms with Gasteiger partial charge < -0.3 is 32.9 Å². The van der Waals surface area contributed by atoms with Crippen molar-refractivity contribution in [1.82, 2.24) is 19.9 Å². The molecule has 1 fully saturated rings. The second-order valence-corrected chi connectivity index (χ2v) is 11.5. The second kappa shape index (κ2) is 15.1. The fourth-order valence-electron chi connectivity index (χ4n) is 5.23. The summed E-state index contributed by atoms with van der Waals surface area (Å²) in [6.45, 7) is 3.92. The van der Waals surface area contributed by atoms with Gasteiger partial charge in [-0.05, 0) is 50.1 Å². The van der Waals surface area contributed by atoms with Crippen LogP contribution in [-0.2, 0) is 10.3 Å². The Morgan fingerprint density at radius 3 is 2.71 bits per heavy atom. The zero-order valence-corrected chi connectivity index (χ0v) is 26.8. The lowest BCUT2D eigenvalue weighted by Crippen LogP contribution is -3.00. The number of rotatable bonds is 9. The number of β-amino-alcohol motifs (C(OH)–C–C–N with tert-alkyl or cyclic N) is 1. The Morgan fingerprint density at radius 2 is 2.02 bits per heavy atom. The molecule has 3 heterocycles. The van der Waals surface area contributed by atoms with Crippen molar-refractivity contribution in [2.24, 2.45) is 10.8 Å². The van der Waals surface area contributed by atoms with E-state index in [2.05, 4.69) is 21.1 Å². The van der Waals surface area contributed by atoms with Crippen LogP contribution in [0.4, 0.5) is 13.6 Å². The molecule has 0 saturated carbocycles. The van der Waals surface area contributed by atoms with E-state index in [0.717, 1.165) is 36.6 Å². The number of aromatic nitrogens is 1. The number of carbonyl (C=O) groups is 1. The number of hydrazone groups is 1. The number of nitrogens with zero attached hydrogens (tertiary/aromatic N) is 6. The van der Waals surface area contributed by atoms with Gasteiger partial charge in [0, 0.05) is 46.7 Å². The van der Waals surface area contributed by atoms with Gasteiger partial charge in [-0.15, -0.1) is 28.8 Å². The highest BCUT2D eigenvalue weighted by molar-refractivity contribution is 7.10. The first kappa shape index (κ1) is 35.8. The molecule has 10 nitrogen and oxygen atoms in total. The van der Waals surface area contributed by atoms with E-state index in [1.54, 1.807) is 48.4 Å². The zero-order chi connectivity index (χ0) is 30.7. The average molecular weight is 680 g/mol. The van der Waals surface area contributed by atoms with Crippen LogP contribution < -0.4 is 23.1 Å². The Morgan fingerprint density at radius 1 is 1.29 bits per heavy atom. The number of hydrogen-bond donors (Lipinski definition) is 2. The minimum Gasteiger partial charge on any atom is -1.00 e. The number of hydrogen-bond acceptors (Lipinski definition) is 10. The number of likely N-dealkylation sites (tertiary alicyclic amines) is 1. The number of aliphatic imine (C=N–C) groups is 1. The average Bonchev–Trinajstić information content (AvgIpc) is 3.79. The normalized spacial score (nSPS) is 18.2. The van der Waals surface area contributed by atoms with Crippen molar-refractivity contribution in [3.8, 4) is 17.3 Å². The highest BCUT2D eigenvalue weighted by atomic mass is 35.5. The van der Waals surface area contributed by atoms with Crippen molar-refractivity contribution in [3.63, 3.8) is 0 Å². The summed E-state index contributed by atoms with van der Waals surface area (Å²) < 4.78 is 35.1. The lowest BCUT2D eigenvalue weighted by molar-refractivity contribution is -0.00834. The van der Waals surface area contributed by atoms with E-state index in [0.29, 0.717) is 29.4 Å². The Labute approximate surface area is 276 Å². The van der Waals surface area contributed by atoms with Crippen LogP contribution in [-0.4, -0.2) is 70.0 Å². The number of halogens is 4. The molecule has 5 rings (SSSR count). The maximum atomic E-state index is 15.2. The minimum absolute atomic E-state index is 0. The van der Waals surface area contributed by atoms with Gasteiger partial charge in [0.25, 0.3) is 6.34 Å². The number of ether oxygens (including phenoxy) is 1. The Kier molecular flexibility index (Phi) is 12.0. The zero-order valence-electron chi connectivity index (χ0n) is 24.4. The Hall–Kier alpha value is -3.67. The maximum Gasteiger partial charge on any atom is 0.410 e. The molecule has 2 aliphatic heterocycles. The number of amides is 1. The number of amidine groups is 1. The standard InChI is InChI=1S/C30H31F2N7O3S.2ClH/c1-18(28-36-26(15-43-28)21-7-5-20(13-33)6-8-21)30(41,24-12-22(31)9-10-25(24)32)16-38-17-35-27(37-38)19(2)42-29(40)39-11-3-4-23(39)14-34;;/h5-10,12,15,17-19,23,41H,3-4,11,14,16,34H2,1-2H3;2*1H/q+1;;/p-1/t18-,19?,23-,30+;;/m0../s1. The predicted octanol–water partition coefficient (Wildman–Crippen LogP) is 1.32. The van der Waals surface area contributed by atoms with Crippen LogP contribution in [0, 0.1) is 23.0 Å². The van der Waals surface area contributed by atoms with Crippen molar-refractivity contribution >= 4 is 42.0 Å². The van der Waals surface area contributed by atoms with Crippen LogP contribution in [0.3, 0.4) is 0 Å². The van der Waals surface area contributed by atoms with Crippen molar-refractivity contribution in [2.45, 2.75) is 50.4 Å². The van der Waals surface area contributed by atoms with Crippen molar-refractivity contribution < 1.29 is 35.8 Å². The largest absolute Gasteiger partial charge is 1.00 e. The van der Waals surface area contributed by atoms with Gasteiger partial charge in [0.2, 0.25) is 0 Å². The summed E-state index contributed by atoms with van der Waals surface area (Å²) >= 11 is 1.27. The van der Waals surface area contributed by atoms with E-state index in [9.17, 15) is 14.3 Å². The van der Waals surface area contributed by atoms with E-state index in [4.69, 9.17) is 15.7 Å². The van der Waals surface area contributed by atoms with Gasteiger partial charge in [-0.3, -0.25) is 0 Å². The van der Waals surface area contributed by atoms with E-state index in [1.807, 2.05) is 0 Å². The highest BCUT2D eigenvalue weighted by Crippen LogP contribution is 2.41. The molecule has 2 aromatic carbocycles. The van der Waals surface area contributed by atoms with Crippen LogP contribution in [0.5, 0.6) is 0 Å². The molecule has 0 spiro atoms. The smallest absolute Gasteiger partial charge is 0.410 e. The van der Waals surface area contributed by atoms with Gasteiger partial charge in [0.1, 0.15) is 23.8 Å². The third kappa shape index (κ3) is 7.59. The molecule has 0 aliphatic carbocycles. The molecule has 2 aliphatic rings. The molecule has 1 radical (unpaired) electrons. The molecule has 1 amide bonds. The quantitative estimate of drug-likeness (QED) is 0.348. The third-order valence-corrected chi connectivity index (χ3v) is 8.82. The van der Waals surface area contributed by atoms with Gasteiger partial charge in [0.15, 0.2) is 6.10 Å². The first-order valence-corrected chi connectivity index (χ1v) is 14.7. The molecule has 1 unspecified atom stereocenters. The van der Waals surface area contributed by atoms with Gasteiger partial charge in [0.05, 0.1) is 22.3 Å². The second-order valence-electron chi connectivity index (χ2n) is 10.6. The first-order chi connectivity index (χ1) is 20.6.